The molecule has 11 heavy (non-hydrogen) atoms. The van der Waals surface area contributed by atoms with Crippen LogP contribution in [0.5, 0.6) is 5.75 Å². The molecule has 0 aliphatic heterocycles. The highest BCUT2D eigenvalue weighted by Gasteiger charge is 2.02. The van der Waals surface area contributed by atoms with Gasteiger partial charge >= 0.3 is 0 Å². The third kappa shape index (κ3) is 1.45. The summed E-state index contributed by atoms with van der Waals surface area (Å²) in [6.07, 6.45) is 0.850. The molecule has 2 N–H and O–H groups in total. The Kier molecular flexibility index (Phi) is 2.36. The lowest BCUT2D eigenvalue weighted by Gasteiger charge is -2.07. The van der Waals surface area contributed by atoms with Gasteiger partial charge in [0.25, 0.3) is 0 Å². The van der Waals surface area contributed by atoms with E-state index in [-0.39, 0.29) is 0 Å². The van der Waals surface area contributed by atoms with Crippen molar-refractivity contribution < 1.29 is 5.11 Å². The normalized spacial score (nSPS) is 9.64. The zero-order valence-electron chi connectivity index (χ0n) is 6.89. The van der Waals surface area contributed by atoms with E-state index in [9.17, 15) is 5.11 Å². The molecule has 2 heteroatoms. The summed E-state index contributed by atoms with van der Waals surface area (Å²) in [6.45, 7) is 2.02. The van der Waals surface area contributed by atoms with E-state index in [1.807, 2.05) is 26.1 Å². The molecule has 0 saturated heterocycles. The Hall–Kier alpha value is -1.18. The number of phenols is 1. The monoisotopic (exact) mass is 151 g/mol. The van der Waals surface area contributed by atoms with Gasteiger partial charge in [-0.25, -0.2) is 0 Å². The third-order valence-electron chi connectivity index (χ3n) is 1.77. The lowest BCUT2D eigenvalue weighted by Crippen LogP contribution is -1.93. The molecule has 0 spiro atoms. The van der Waals surface area contributed by atoms with E-state index in [2.05, 4.69) is 5.32 Å². The molecule has 0 fully saturated rings. The van der Waals surface area contributed by atoms with E-state index < -0.39 is 0 Å². The second-order valence-electron chi connectivity index (χ2n) is 2.41. The maximum Gasteiger partial charge on any atom is 0.120 e. The fourth-order valence-corrected chi connectivity index (χ4v) is 1.18. The minimum Gasteiger partial charge on any atom is -0.508 e. The van der Waals surface area contributed by atoms with Gasteiger partial charge in [-0.2, -0.15) is 0 Å². The van der Waals surface area contributed by atoms with E-state index in [0.717, 1.165) is 17.7 Å². The van der Waals surface area contributed by atoms with Gasteiger partial charge < -0.3 is 10.4 Å². The van der Waals surface area contributed by atoms with Crippen molar-refractivity contribution >= 4 is 5.69 Å². The van der Waals surface area contributed by atoms with Crippen LogP contribution < -0.4 is 5.32 Å². The maximum atomic E-state index is 9.38. The van der Waals surface area contributed by atoms with E-state index >= 15 is 0 Å². The molecule has 1 rings (SSSR count). The molecule has 1 aromatic carbocycles. The largest absolute Gasteiger partial charge is 0.508 e. The Bertz CT molecular complexity index is 245. The average molecular weight is 151 g/mol. The fourth-order valence-electron chi connectivity index (χ4n) is 1.18. The van der Waals surface area contributed by atoms with E-state index in [0.29, 0.717) is 5.75 Å². The van der Waals surface area contributed by atoms with Gasteiger partial charge in [0.15, 0.2) is 0 Å². The maximum absolute atomic E-state index is 9.38. The smallest absolute Gasteiger partial charge is 0.120 e. The first-order chi connectivity index (χ1) is 5.29. The molecule has 0 aliphatic rings. The summed E-state index contributed by atoms with van der Waals surface area (Å²) >= 11 is 0. The topological polar surface area (TPSA) is 32.3 Å². The highest BCUT2D eigenvalue weighted by Crippen LogP contribution is 2.24. The molecule has 0 atom stereocenters. The number of aromatic hydroxyl groups is 1. The van der Waals surface area contributed by atoms with Crippen LogP contribution in [0.3, 0.4) is 0 Å². The number of phenolic OH excluding ortho intramolecular Hbond substituents is 1. The Morgan fingerprint density at radius 2 is 2.18 bits per heavy atom. The molecular formula is C9H13NO. The molecule has 1 aromatic rings. The van der Waals surface area contributed by atoms with Crippen molar-refractivity contribution in [1.82, 2.24) is 0 Å². The highest BCUT2D eigenvalue weighted by molar-refractivity contribution is 5.56. The molecule has 0 amide bonds. The number of anilines is 1. The van der Waals surface area contributed by atoms with Crippen molar-refractivity contribution in [3.63, 3.8) is 0 Å². The summed E-state index contributed by atoms with van der Waals surface area (Å²) in [6, 6.07) is 5.50. The molecule has 0 bridgehead atoms. The van der Waals surface area contributed by atoms with Crippen molar-refractivity contribution in [3.05, 3.63) is 23.8 Å². The number of rotatable bonds is 2. The van der Waals surface area contributed by atoms with E-state index in [4.69, 9.17) is 0 Å². The van der Waals surface area contributed by atoms with Crippen molar-refractivity contribution in [2.75, 3.05) is 12.4 Å². The van der Waals surface area contributed by atoms with Crippen LogP contribution in [-0.2, 0) is 6.42 Å². The predicted octanol–water partition coefficient (Wildman–Crippen LogP) is 2.00. The van der Waals surface area contributed by atoms with Gasteiger partial charge in [-0.3, -0.25) is 0 Å². The molecule has 0 unspecified atom stereocenters. The summed E-state index contributed by atoms with van der Waals surface area (Å²) in [5.74, 6) is 0.374. The second kappa shape index (κ2) is 3.28. The van der Waals surface area contributed by atoms with Crippen LogP contribution in [0.15, 0.2) is 18.2 Å². The number of benzene rings is 1. The quantitative estimate of drug-likeness (QED) is 0.677. The van der Waals surface area contributed by atoms with Crippen LogP contribution in [0.25, 0.3) is 0 Å². The van der Waals surface area contributed by atoms with Gasteiger partial charge in [0.05, 0.1) is 0 Å². The van der Waals surface area contributed by atoms with Crippen LogP contribution >= 0.6 is 0 Å². The molecule has 0 aromatic heterocycles. The van der Waals surface area contributed by atoms with Gasteiger partial charge in [-0.15, -0.1) is 0 Å². The van der Waals surface area contributed by atoms with Gasteiger partial charge in [-0.1, -0.05) is 13.0 Å². The SMILES string of the molecule is CCc1c(O)cccc1NC. The van der Waals surface area contributed by atoms with Crippen molar-refractivity contribution in [1.29, 1.82) is 0 Å². The minimum absolute atomic E-state index is 0.374. The summed E-state index contributed by atoms with van der Waals surface area (Å²) < 4.78 is 0. The van der Waals surface area contributed by atoms with Crippen molar-refractivity contribution in [2.24, 2.45) is 0 Å². The Balaban J connectivity index is 3.13. The Morgan fingerprint density at radius 3 is 2.64 bits per heavy atom. The molecular weight excluding hydrogens is 138 g/mol. The number of hydrogen-bond acceptors (Lipinski definition) is 2. The zero-order valence-corrected chi connectivity index (χ0v) is 6.89. The highest BCUT2D eigenvalue weighted by atomic mass is 16.3. The van der Waals surface area contributed by atoms with Crippen LogP contribution in [-0.4, -0.2) is 12.2 Å². The first kappa shape index (κ1) is 7.92. The second-order valence-corrected chi connectivity index (χ2v) is 2.41. The zero-order chi connectivity index (χ0) is 8.27. The van der Waals surface area contributed by atoms with Crippen molar-refractivity contribution in [3.8, 4) is 5.75 Å². The lowest BCUT2D eigenvalue weighted by molar-refractivity contribution is 0.469. The molecule has 60 valence electrons. The van der Waals surface area contributed by atoms with Crippen LogP contribution in [0.1, 0.15) is 12.5 Å². The minimum atomic E-state index is 0.374. The standard InChI is InChI=1S/C9H13NO/c1-3-7-8(10-2)5-4-6-9(7)11/h4-6,10-11H,3H2,1-2H3. The summed E-state index contributed by atoms with van der Waals surface area (Å²) in [5.41, 5.74) is 1.99. The number of nitrogens with one attached hydrogen (secondary N) is 1. The van der Waals surface area contributed by atoms with Gasteiger partial charge in [0.2, 0.25) is 0 Å². The third-order valence-corrected chi connectivity index (χ3v) is 1.77. The Labute approximate surface area is 66.9 Å². The Morgan fingerprint density at radius 1 is 1.45 bits per heavy atom. The van der Waals surface area contributed by atoms with Crippen LogP contribution in [0.2, 0.25) is 0 Å². The van der Waals surface area contributed by atoms with Crippen LogP contribution in [0.4, 0.5) is 5.69 Å². The first-order valence-electron chi connectivity index (χ1n) is 3.78. The van der Waals surface area contributed by atoms with Gasteiger partial charge in [0.1, 0.15) is 5.75 Å². The molecule has 2 nitrogen and oxygen atoms in total. The molecule has 0 aliphatic carbocycles. The summed E-state index contributed by atoms with van der Waals surface area (Å²) in [4.78, 5) is 0. The van der Waals surface area contributed by atoms with Gasteiger partial charge in [-0.05, 0) is 18.6 Å². The first-order valence-corrected chi connectivity index (χ1v) is 3.78. The molecule has 0 radical (unpaired) electrons. The summed E-state index contributed by atoms with van der Waals surface area (Å²) in [7, 11) is 1.86. The lowest BCUT2D eigenvalue weighted by atomic mass is 10.1. The van der Waals surface area contributed by atoms with E-state index in [1.165, 1.54) is 0 Å². The van der Waals surface area contributed by atoms with Crippen molar-refractivity contribution in [2.45, 2.75) is 13.3 Å². The predicted molar refractivity (Wildman–Crippen MR) is 47.0 cm³/mol. The molecule has 0 heterocycles. The summed E-state index contributed by atoms with van der Waals surface area (Å²) in [5, 5.41) is 12.4. The number of hydrogen-bond donors (Lipinski definition) is 2. The molecule has 0 saturated carbocycles. The van der Waals surface area contributed by atoms with Crippen LogP contribution in [0, 0.1) is 0 Å². The van der Waals surface area contributed by atoms with E-state index in [1.54, 1.807) is 6.07 Å². The average Bonchev–Trinajstić information content (AvgIpc) is 2.04. The van der Waals surface area contributed by atoms with Gasteiger partial charge in [0, 0.05) is 18.3 Å². The fraction of sp³-hybridized carbons (Fsp3) is 0.333.